The van der Waals surface area contributed by atoms with Crippen molar-refractivity contribution < 1.29 is 4.79 Å². The Morgan fingerprint density at radius 1 is 1.36 bits per heavy atom. The Morgan fingerprint density at radius 2 is 2.14 bits per heavy atom. The minimum Gasteiger partial charge on any atom is -0.382 e. The standard InChI is InChI=1S/C14H21N7O/c15-14-12-2-1-11(21(12)19-6-5-17-14)10-3-7-20(8-4-10)13(22)9-18-16/h1-2,6,10,18H,3-5,7-9,16H2,(H2,15,17). The first-order valence-electron chi connectivity index (χ1n) is 7.46. The van der Waals surface area contributed by atoms with Crippen molar-refractivity contribution in [3.63, 3.8) is 0 Å². The molecule has 0 radical (unpaired) electrons. The molecule has 0 saturated carbocycles. The molecule has 1 saturated heterocycles. The molecule has 0 aromatic carbocycles. The molecule has 0 bridgehead atoms. The van der Waals surface area contributed by atoms with Crippen LogP contribution in [-0.4, -0.2) is 53.7 Å². The van der Waals surface area contributed by atoms with Gasteiger partial charge in [0.15, 0.2) is 0 Å². The molecule has 22 heavy (non-hydrogen) atoms. The van der Waals surface area contributed by atoms with Gasteiger partial charge in [-0.15, -0.1) is 0 Å². The van der Waals surface area contributed by atoms with E-state index in [1.54, 1.807) is 6.21 Å². The number of nitrogens with zero attached hydrogens (tertiary/aromatic N) is 4. The Balaban J connectivity index is 1.73. The first-order valence-corrected chi connectivity index (χ1v) is 7.46. The Labute approximate surface area is 128 Å². The van der Waals surface area contributed by atoms with Gasteiger partial charge in [0.25, 0.3) is 0 Å². The first kappa shape index (κ1) is 14.7. The fraction of sp³-hybridized carbons (Fsp3) is 0.500. The van der Waals surface area contributed by atoms with Gasteiger partial charge < -0.3 is 10.6 Å². The largest absolute Gasteiger partial charge is 0.382 e. The van der Waals surface area contributed by atoms with E-state index in [0.29, 0.717) is 18.3 Å². The number of carbonyl (C=O) groups excluding carboxylic acids is 1. The number of carbonyl (C=O) groups is 1. The zero-order valence-electron chi connectivity index (χ0n) is 12.4. The molecule has 8 heteroatoms. The van der Waals surface area contributed by atoms with E-state index in [9.17, 15) is 4.79 Å². The predicted molar refractivity (Wildman–Crippen MR) is 84.7 cm³/mol. The molecule has 3 rings (SSSR count). The maximum absolute atomic E-state index is 11.8. The number of nitrogens with one attached hydrogen (secondary N) is 1. The quantitative estimate of drug-likeness (QED) is 0.501. The van der Waals surface area contributed by atoms with E-state index in [-0.39, 0.29) is 12.5 Å². The van der Waals surface area contributed by atoms with Gasteiger partial charge in [0.1, 0.15) is 11.5 Å². The van der Waals surface area contributed by atoms with Crippen LogP contribution in [0.2, 0.25) is 0 Å². The molecular weight excluding hydrogens is 282 g/mol. The highest BCUT2D eigenvalue weighted by Gasteiger charge is 2.26. The third-order valence-electron chi connectivity index (χ3n) is 4.21. The van der Waals surface area contributed by atoms with Crippen molar-refractivity contribution in [1.29, 1.82) is 0 Å². The molecule has 0 atom stereocenters. The van der Waals surface area contributed by atoms with Crippen LogP contribution in [0.5, 0.6) is 0 Å². The second-order valence-corrected chi connectivity index (χ2v) is 5.52. The molecule has 1 aromatic heterocycles. The molecule has 0 aliphatic carbocycles. The van der Waals surface area contributed by atoms with Crippen molar-refractivity contribution in [3.8, 4) is 0 Å². The lowest BCUT2D eigenvalue weighted by Crippen LogP contribution is -2.44. The van der Waals surface area contributed by atoms with Gasteiger partial charge >= 0.3 is 0 Å². The average molecular weight is 303 g/mol. The van der Waals surface area contributed by atoms with Gasteiger partial charge in [0.2, 0.25) is 5.91 Å². The number of rotatable bonds is 3. The molecular formula is C14H21N7O. The zero-order valence-corrected chi connectivity index (χ0v) is 12.4. The number of amidine groups is 1. The molecule has 0 spiro atoms. The Morgan fingerprint density at radius 3 is 2.86 bits per heavy atom. The van der Waals surface area contributed by atoms with Gasteiger partial charge in [-0.3, -0.25) is 21.1 Å². The maximum Gasteiger partial charge on any atom is 0.237 e. The number of hydrazine groups is 1. The monoisotopic (exact) mass is 303 g/mol. The molecule has 3 heterocycles. The van der Waals surface area contributed by atoms with Gasteiger partial charge in [-0.05, 0) is 25.0 Å². The van der Waals surface area contributed by atoms with Crippen LogP contribution in [0.3, 0.4) is 0 Å². The molecule has 2 aliphatic rings. The Bertz CT molecular complexity index is 611. The highest BCUT2D eigenvalue weighted by Crippen LogP contribution is 2.30. The minimum absolute atomic E-state index is 0.0457. The van der Waals surface area contributed by atoms with Crippen LogP contribution in [-0.2, 0) is 4.79 Å². The van der Waals surface area contributed by atoms with Crippen LogP contribution in [0, 0.1) is 0 Å². The summed E-state index contributed by atoms with van der Waals surface area (Å²) in [5.41, 5.74) is 10.4. The lowest BCUT2D eigenvalue weighted by atomic mass is 9.93. The number of amides is 1. The van der Waals surface area contributed by atoms with Crippen LogP contribution in [0.1, 0.15) is 30.1 Å². The lowest BCUT2D eigenvalue weighted by molar-refractivity contribution is -0.131. The van der Waals surface area contributed by atoms with Gasteiger partial charge in [-0.25, -0.2) is 4.68 Å². The SMILES string of the molecule is NNCC(=O)N1CCC(c2ccc3n2N=CCN=C3N)CC1. The fourth-order valence-electron chi connectivity index (χ4n) is 3.04. The topological polar surface area (TPSA) is 114 Å². The molecule has 0 unspecified atom stereocenters. The summed E-state index contributed by atoms with van der Waals surface area (Å²) in [6.45, 7) is 2.16. The van der Waals surface area contributed by atoms with E-state index in [0.717, 1.165) is 37.3 Å². The number of nitrogens with two attached hydrogens (primary N) is 2. The number of piperidine rings is 1. The molecule has 5 N–H and O–H groups in total. The molecule has 8 nitrogen and oxygen atoms in total. The second-order valence-electron chi connectivity index (χ2n) is 5.52. The number of fused-ring (bicyclic) bond motifs is 1. The van der Waals surface area contributed by atoms with E-state index in [4.69, 9.17) is 11.6 Å². The van der Waals surface area contributed by atoms with E-state index in [1.807, 2.05) is 15.6 Å². The van der Waals surface area contributed by atoms with Gasteiger partial charge in [0, 0.05) is 30.9 Å². The molecule has 2 aliphatic heterocycles. The van der Waals surface area contributed by atoms with E-state index >= 15 is 0 Å². The summed E-state index contributed by atoms with van der Waals surface area (Å²) in [4.78, 5) is 17.9. The van der Waals surface area contributed by atoms with Crippen LogP contribution in [0.25, 0.3) is 0 Å². The summed E-state index contributed by atoms with van der Waals surface area (Å²) in [5.74, 6) is 6.14. The third kappa shape index (κ3) is 2.75. The van der Waals surface area contributed by atoms with Crippen molar-refractivity contribution in [2.75, 3.05) is 26.2 Å². The van der Waals surface area contributed by atoms with Crippen molar-refractivity contribution in [2.24, 2.45) is 21.7 Å². The summed E-state index contributed by atoms with van der Waals surface area (Å²) in [7, 11) is 0. The first-order chi connectivity index (χ1) is 10.7. The van der Waals surface area contributed by atoms with Crippen LogP contribution in [0.15, 0.2) is 22.2 Å². The lowest BCUT2D eigenvalue weighted by Gasteiger charge is -2.32. The third-order valence-corrected chi connectivity index (χ3v) is 4.21. The number of aromatic nitrogens is 1. The molecule has 1 amide bonds. The van der Waals surface area contributed by atoms with Crippen LogP contribution in [0.4, 0.5) is 0 Å². The van der Waals surface area contributed by atoms with Crippen molar-refractivity contribution >= 4 is 18.0 Å². The van der Waals surface area contributed by atoms with Crippen molar-refractivity contribution in [2.45, 2.75) is 18.8 Å². The summed E-state index contributed by atoms with van der Waals surface area (Å²) < 4.78 is 1.88. The summed E-state index contributed by atoms with van der Waals surface area (Å²) in [6.07, 6.45) is 3.58. The summed E-state index contributed by atoms with van der Waals surface area (Å²) in [5, 5.41) is 4.45. The van der Waals surface area contributed by atoms with Crippen LogP contribution < -0.4 is 17.0 Å². The average Bonchev–Trinajstić information content (AvgIpc) is 2.87. The van der Waals surface area contributed by atoms with Gasteiger partial charge in [-0.2, -0.15) is 5.10 Å². The van der Waals surface area contributed by atoms with Gasteiger partial charge in [0.05, 0.1) is 13.1 Å². The van der Waals surface area contributed by atoms with E-state index in [1.165, 1.54) is 0 Å². The molecule has 118 valence electrons. The fourth-order valence-corrected chi connectivity index (χ4v) is 3.04. The molecule has 1 fully saturated rings. The Kier molecular flexibility index (Phi) is 4.21. The summed E-state index contributed by atoms with van der Waals surface area (Å²) in [6, 6.07) is 4.02. The van der Waals surface area contributed by atoms with E-state index < -0.39 is 0 Å². The highest BCUT2D eigenvalue weighted by molar-refractivity contribution is 5.97. The Hall–Kier alpha value is -2.19. The second kappa shape index (κ2) is 6.29. The smallest absolute Gasteiger partial charge is 0.237 e. The molecule has 1 aromatic rings. The van der Waals surface area contributed by atoms with Crippen molar-refractivity contribution in [1.82, 2.24) is 15.0 Å². The van der Waals surface area contributed by atoms with E-state index in [2.05, 4.69) is 21.6 Å². The summed E-state index contributed by atoms with van der Waals surface area (Å²) >= 11 is 0. The number of hydrogen-bond acceptors (Lipinski definition) is 6. The van der Waals surface area contributed by atoms with Crippen LogP contribution >= 0.6 is 0 Å². The van der Waals surface area contributed by atoms with Gasteiger partial charge in [-0.1, -0.05) is 0 Å². The van der Waals surface area contributed by atoms with Crippen molar-refractivity contribution in [3.05, 3.63) is 23.5 Å². The predicted octanol–water partition coefficient (Wildman–Crippen LogP) is -0.790. The maximum atomic E-state index is 11.8. The number of hydrogen-bond donors (Lipinski definition) is 3. The normalized spacial score (nSPS) is 18.8. The number of likely N-dealkylation sites (tertiary alicyclic amines) is 1. The minimum atomic E-state index is 0.0457. The zero-order chi connectivity index (χ0) is 15.5. The number of aliphatic imine (C=N–C) groups is 1. The highest BCUT2D eigenvalue weighted by atomic mass is 16.2.